The van der Waals surface area contributed by atoms with Gasteiger partial charge in [-0.3, -0.25) is 9.59 Å². The number of benzene rings is 1. The third-order valence-corrected chi connectivity index (χ3v) is 3.94. The fraction of sp³-hybridized carbons (Fsp3) is 0.353. The van der Waals surface area contributed by atoms with E-state index in [9.17, 15) is 9.59 Å². The van der Waals surface area contributed by atoms with Gasteiger partial charge >= 0.3 is 0 Å². The molecule has 6 heteroatoms. The first-order valence-corrected chi connectivity index (χ1v) is 7.82. The van der Waals surface area contributed by atoms with Crippen molar-refractivity contribution >= 4 is 11.6 Å². The van der Waals surface area contributed by atoms with Crippen LogP contribution in [0.5, 0.6) is 0 Å². The third kappa shape index (κ3) is 3.77. The number of nitrogens with one attached hydrogen (secondary N) is 2. The Morgan fingerprint density at radius 3 is 2.61 bits per heavy atom. The van der Waals surface area contributed by atoms with Crippen molar-refractivity contribution in [2.75, 3.05) is 18.0 Å². The van der Waals surface area contributed by atoms with Gasteiger partial charge in [0.2, 0.25) is 0 Å². The Labute approximate surface area is 134 Å². The van der Waals surface area contributed by atoms with Crippen LogP contribution in [0.3, 0.4) is 0 Å². The fourth-order valence-corrected chi connectivity index (χ4v) is 2.80. The van der Waals surface area contributed by atoms with Gasteiger partial charge in [0.05, 0.1) is 12.2 Å². The molecule has 3 rings (SSSR count). The predicted octanol–water partition coefficient (Wildman–Crippen LogP) is 1.61. The van der Waals surface area contributed by atoms with Gasteiger partial charge in [0, 0.05) is 30.4 Å². The van der Waals surface area contributed by atoms with Gasteiger partial charge in [-0.05, 0) is 44.0 Å². The summed E-state index contributed by atoms with van der Waals surface area (Å²) in [4.78, 5) is 32.7. The van der Waals surface area contributed by atoms with Crippen molar-refractivity contribution in [3.63, 3.8) is 0 Å². The van der Waals surface area contributed by atoms with Crippen LogP contribution in [0.25, 0.3) is 0 Å². The lowest BCUT2D eigenvalue weighted by molar-refractivity contribution is 0.0950. The van der Waals surface area contributed by atoms with Gasteiger partial charge in [-0.1, -0.05) is 0 Å². The van der Waals surface area contributed by atoms with Crippen molar-refractivity contribution in [2.45, 2.75) is 26.3 Å². The summed E-state index contributed by atoms with van der Waals surface area (Å²) in [5, 5.41) is 2.79. The van der Waals surface area contributed by atoms with Crippen molar-refractivity contribution in [1.29, 1.82) is 0 Å². The monoisotopic (exact) mass is 312 g/mol. The fourth-order valence-electron chi connectivity index (χ4n) is 2.80. The summed E-state index contributed by atoms with van der Waals surface area (Å²) in [5.74, 6) is 0.370. The van der Waals surface area contributed by atoms with Gasteiger partial charge in [-0.2, -0.15) is 0 Å². The molecular formula is C17H20N4O2. The summed E-state index contributed by atoms with van der Waals surface area (Å²) in [6.45, 7) is 4.11. The van der Waals surface area contributed by atoms with Crippen LogP contribution < -0.4 is 15.8 Å². The number of anilines is 1. The minimum absolute atomic E-state index is 0.169. The highest BCUT2D eigenvalue weighted by atomic mass is 16.1. The van der Waals surface area contributed by atoms with E-state index in [1.807, 2.05) is 24.3 Å². The molecule has 0 saturated carbocycles. The van der Waals surface area contributed by atoms with E-state index in [0.29, 0.717) is 17.1 Å². The lowest BCUT2D eigenvalue weighted by atomic mass is 10.2. The van der Waals surface area contributed by atoms with E-state index in [1.165, 1.54) is 18.9 Å². The summed E-state index contributed by atoms with van der Waals surface area (Å²) >= 11 is 0. The van der Waals surface area contributed by atoms with Crippen LogP contribution in [-0.4, -0.2) is 29.0 Å². The number of rotatable bonds is 4. The number of aromatic nitrogens is 2. The molecule has 2 N–H and O–H groups in total. The molecule has 2 aromatic rings. The second-order valence-corrected chi connectivity index (χ2v) is 5.75. The Morgan fingerprint density at radius 2 is 1.96 bits per heavy atom. The van der Waals surface area contributed by atoms with Gasteiger partial charge in [0.25, 0.3) is 11.5 Å². The number of carbonyl (C=O) groups is 1. The molecule has 23 heavy (non-hydrogen) atoms. The number of aromatic amines is 1. The van der Waals surface area contributed by atoms with Crippen LogP contribution in [-0.2, 0) is 6.54 Å². The maximum Gasteiger partial charge on any atom is 0.251 e. The molecule has 0 radical (unpaired) electrons. The molecule has 0 bridgehead atoms. The van der Waals surface area contributed by atoms with Crippen LogP contribution in [0, 0.1) is 6.92 Å². The number of hydrogen-bond acceptors (Lipinski definition) is 4. The molecule has 2 heterocycles. The minimum atomic E-state index is -0.211. The molecule has 1 fully saturated rings. The molecule has 1 aromatic heterocycles. The number of nitrogens with zero attached hydrogens (tertiary/aromatic N) is 2. The first-order chi connectivity index (χ1) is 11.1. The van der Waals surface area contributed by atoms with E-state index in [-0.39, 0.29) is 18.0 Å². The average Bonchev–Trinajstić information content (AvgIpc) is 3.06. The van der Waals surface area contributed by atoms with Crippen LogP contribution >= 0.6 is 0 Å². The Hall–Kier alpha value is -2.63. The van der Waals surface area contributed by atoms with Crippen molar-refractivity contribution < 1.29 is 4.79 Å². The Bertz CT molecular complexity index is 746. The van der Waals surface area contributed by atoms with E-state index < -0.39 is 0 Å². The smallest absolute Gasteiger partial charge is 0.251 e. The van der Waals surface area contributed by atoms with Gasteiger partial charge in [0.1, 0.15) is 5.82 Å². The van der Waals surface area contributed by atoms with Crippen LogP contribution in [0.4, 0.5) is 5.69 Å². The Balaban J connectivity index is 1.62. The molecular weight excluding hydrogens is 292 g/mol. The van der Waals surface area contributed by atoms with Gasteiger partial charge < -0.3 is 15.2 Å². The van der Waals surface area contributed by atoms with E-state index >= 15 is 0 Å². The average molecular weight is 312 g/mol. The number of hydrogen-bond donors (Lipinski definition) is 2. The van der Waals surface area contributed by atoms with Gasteiger partial charge in [0.15, 0.2) is 0 Å². The normalized spacial score (nSPS) is 14.0. The quantitative estimate of drug-likeness (QED) is 0.899. The first-order valence-electron chi connectivity index (χ1n) is 7.82. The molecule has 6 nitrogen and oxygen atoms in total. The summed E-state index contributed by atoms with van der Waals surface area (Å²) in [6, 6.07) is 9.02. The number of H-pyrrole nitrogens is 1. The third-order valence-electron chi connectivity index (χ3n) is 3.94. The number of carbonyl (C=O) groups excluding carboxylic acids is 1. The Morgan fingerprint density at radius 1 is 1.26 bits per heavy atom. The van der Waals surface area contributed by atoms with Crippen LogP contribution in [0.1, 0.15) is 34.7 Å². The Kier molecular flexibility index (Phi) is 4.41. The largest absolute Gasteiger partial charge is 0.372 e. The molecule has 0 aliphatic carbocycles. The van der Waals surface area contributed by atoms with Gasteiger partial charge in [-0.15, -0.1) is 0 Å². The molecule has 1 aliphatic heterocycles. The second-order valence-electron chi connectivity index (χ2n) is 5.75. The summed E-state index contributed by atoms with van der Waals surface area (Å²) < 4.78 is 0. The lowest BCUT2D eigenvalue weighted by Crippen LogP contribution is -2.25. The van der Waals surface area contributed by atoms with Crippen molar-refractivity contribution in [1.82, 2.24) is 15.3 Å². The lowest BCUT2D eigenvalue weighted by Gasteiger charge is -2.17. The van der Waals surface area contributed by atoms with Crippen molar-refractivity contribution in [2.24, 2.45) is 0 Å². The summed E-state index contributed by atoms with van der Waals surface area (Å²) in [5.41, 5.74) is 2.10. The van der Waals surface area contributed by atoms with Gasteiger partial charge in [-0.25, -0.2) is 4.98 Å². The van der Waals surface area contributed by atoms with E-state index in [4.69, 9.17) is 0 Å². The summed E-state index contributed by atoms with van der Waals surface area (Å²) in [7, 11) is 0. The maximum atomic E-state index is 12.2. The molecule has 0 spiro atoms. The molecule has 0 unspecified atom stereocenters. The van der Waals surface area contributed by atoms with E-state index in [0.717, 1.165) is 18.8 Å². The van der Waals surface area contributed by atoms with Crippen molar-refractivity contribution in [3.05, 3.63) is 57.8 Å². The minimum Gasteiger partial charge on any atom is -0.372 e. The molecule has 0 atom stereocenters. The first kappa shape index (κ1) is 15.3. The van der Waals surface area contributed by atoms with Crippen LogP contribution in [0.15, 0.2) is 35.1 Å². The number of aryl methyl sites for hydroxylation is 1. The molecule has 1 aliphatic rings. The zero-order valence-electron chi connectivity index (χ0n) is 13.1. The topological polar surface area (TPSA) is 78.1 Å². The molecule has 1 aromatic carbocycles. The van der Waals surface area contributed by atoms with Crippen LogP contribution in [0.2, 0.25) is 0 Å². The highest BCUT2D eigenvalue weighted by Crippen LogP contribution is 2.20. The second kappa shape index (κ2) is 6.64. The predicted molar refractivity (Wildman–Crippen MR) is 88.7 cm³/mol. The van der Waals surface area contributed by atoms with Crippen molar-refractivity contribution in [3.8, 4) is 0 Å². The SMILES string of the molecule is Cc1nc(CNC(=O)c2ccc(N3CCCC3)cc2)cc(=O)[nH]1. The standard InChI is InChI=1S/C17H20N4O2/c1-12-19-14(10-16(22)20-12)11-18-17(23)13-4-6-15(7-5-13)21-8-2-3-9-21/h4-7,10H,2-3,8-9,11H2,1H3,(H,18,23)(H,19,20,22). The summed E-state index contributed by atoms with van der Waals surface area (Å²) in [6.07, 6.45) is 2.45. The zero-order chi connectivity index (χ0) is 16.2. The molecule has 1 amide bonds. The highest BCUT2D eigenvalue weighted by Gasteiger charge is 2.13. The van der Waals surface area contributed by atoms with E-state index in [2.05, 4.69) is 20.2 Å². The molecule has 1 saturated heterocycles. The zero-order valence-corrected chi connectivity index (χ0v) is 13.1. The molecule has 120 valence electrons. The number of amides is 1. The maximum absolute atomic E-state index is 12.2. The van der Waals surface area contributed by atoms with E-state index in [1.54, 1.807) is 6.92 Å². The highest BCUT2D eigenvalue weighted by molar-refractivity contribution is 5.94.